The molecule has 0 saturated heterocycles. The molecule has 1 aliphatic rings. The van der Waals surface area contributed by atoms with Gasteiger partial charge >= 0.3 is 0 Å². The molecule has 0 fully saturated rings. The van der Waals surface area contributed by atoms with Crippen LogP contribution in [-0.4, -0.2) is 44.8 Å². The molecule has 2 aromatic rings. The van der Waals surface area contributed by atoms with Crippen LogP contribution < -0.4 is 10.1 Å². The summed E-state index contributed by atoms with van der Waals surface area (Å²) < 4.78 is 21.0. The van der Waals surface area contributed by atoms with Crippen LogP contribution in [0.15, 0.2) is 42.2 Å². The molecule has 26 heavy (non-hydrogen) atoms. The number of β-amino-alcohol motifs (C(OH)–C–C–N with tert-alkyl or cyclic N) is 1. The fourth-order valence-corrected chi connectivity index (χ4v) is 2.48. The normalized spacial score (nSPS) is 14.0. The van der Waals surface area contributed by atoms with E-state index in [-0.39, 0.29) is 31.1 Å². The van der Waals surface area contributed by atoms with Gasteiger partial charge in [-0.25, -0.2) is 4.39 Å². The zero-order valence-electron chi connectivity index (χ0n) is 14.0. The van der Waals surface area contributed by atoms with Crippen molar-refractivity contribution in [3.05, 3.63) is 53.7 Å². The average Bonchev–Trinajstić information content (AvgIpc) is 3.13. The van der Waals surface area contributed by atoms with E-state index in [1.807, 2.05) is 0 Å². The van der Waals surface area contributed by atoms with Crippen LogP contribution in [-0.2, 0) is 23.2 Å². The number of hydrogen-bond acceptors (Lipinski definition) is 6. The minimum atomic E-state index is -0.592. The Morgan fingerprint density at radius 1 is 1.31 bits per heavy atom. The van der Waals surface area contributed by atoms with Crippen molar-refractivity contribution in [3.8, 4) is 5.75 Å². The summed E-state index contributed by atoms with van der Waals surface area (Å²) in [6.45, 7) is -0.247. The predicted octanol–water partition coefficient (Wildman–Crippen LogP) is 0.795. The number of ether oxygens (including phenoxy) is 1. The molecule has 0 aliphatic carbocycles. The standard InChI is InChI=1S/C17H17FN4O4/c1-21-12(4-5-19-21)10-26-15-3-2-11(18)8-13(15)20-14-9-16(24)22(6-7-23)17(14)25/h2-5,8-9,20,23H,6-7,10H2,1H3. The number of nitrogens with zero attached hydrogens (tertiary/aromatic N) is 3. The zero-order chi connectivity index (χ0) is 18.7. The summed E-state index contributed by atoms with van der Waals surface area (Å²) in [5.41, 5.74) is 1.01. The van der Waals surface area contributed by atoms with E-state index in [1.54, 1.807) is 24.0 Å². The molecule has 0 radical (unpaired) electrons. The molecule has 0 unspecified atom stereocenters. The summed E-state index contributed by atoms with van der Waals surface area (Å²) in [5.74, 6) is -1.34. The van der Waals surface area contributed by atoms with Crippen LogP contribution in [0.4, 0.5) is 10.1 Å². The van der Waals surface area contributed by atoms with E-state index in [0.29, 0.717) is 5.75 Å². The van der Waals surface area contributed by atoms with E-state index in [2.05, 4.69) is 10.4 Å². The minimum Gasteiger partial charge on any atom is -0.485 e. The fraction of sp³-hybridized carbons (Fsp3) is 0.235. The number of nitrogens with one attached hydrogen (secondary N) is 1. The lowest BCUT2D eigenvalue weighted by molar-refractivity contribution is -0.137. The van der Waals surface area contributed by atoms with E-state index >= 15 is 0 Å². The first-order chi connectivity index (χ1) is 12.5. The lowest BCUT2D eigenvalue weighted by Gasteiger charge is -2.15. The number of halogens is 1. The lowest BCUT2D eigenvalue weighted by Crippen LogP contribution is -2.34. The Labute approximate surface area is 148 Å². The highest BCUT2D eigenvalue weighted by Crippen LogP contribution is 2.29. The quantitative estimate of drug-likeness (QED) is 0.709. The van der Waals surface area contributed by atoms with Gasteiger partial charge in [0.1, 0.15) is 23.9 Å². The van der Waals surface area contributed by atoms with Crippen molar-refractivity contribution in [2.75, 3.05) is 18.5 Å². The fourth-order valence-electron chi connectivity index (χ4n) is 2.48. The van der Waals surface area contributed by atoms with Gasteiger partial charge in [-0.15, -0.1) is 0 Å². The highest BCUT2D eigenvalue weighted by atomic mass is 19.1. The van der Waals surface area contributed by atoms with Crippen molar-refractivity contribution < 1.29 is 23.8 Å². The van der Waals surface area contributed by atoms with Gasteiger partial charge in [0.05, 0.1) is 24.5 Å². The van der Waals surface area contributed by atoms with E-state index in [9.17, 15) is 14.0 Å². The van der Waals surface area contributed by atoms with Gasteiger partial charge in [0.25, 0.3) is 11.8 Å². The number of aliphatic hydroxyl groups excluding tert-OH is 1. The summed E-state index contributed by atoms with van der Waals surface area (Å²) >= 11 is 0. The van der Waals surface area contributed by atoms with E-state index in [4.69, 9.17) is 9.84 Å². The molecular formula is C17H17FN4O4. The summed E-state index contributed by atoms with van der Waals surface area (Å²) in [5, 5.41) is 15.7. The number of imide groups is 1. The molecule has 2 amide bonds. The maximum Gasteiger partial charge on any atom is 0.277 e. The van der Waals surface area contributed by atoms with Crippen LogP contribution in [0.3, 0.4) is 0 Å². The van der Waals surface area contributed by atoms with Gasteiger partial charge in [-0.3, -0.25) is 19.2 Å². The first-order valence-corrected chi connectivity index (χ1v) is 7.84. The van der Waals surface area contributed by atoms with Crippen LogP contribution in [0.1, 0.15) is 5.69 Å². The van der Waals surface area contributed by atoms with Crippen LogP contribution in [0.2, 0.25) is 0 Å². The first kappa shape index (κ1) is 17.6. The van der Waals surface area contributed by atoms with Gasteiger partial charge in [-0.1, -0.05) is 0 Å². The Bertz CT molecular complexity index is 877. The number of anilines is 1. The first-order valence-electron chi connectivity index (χ1n) is 7.84. The Morgan fingerprint density at radius 3 is 2.81 bits per heavy atom. The van der Waals surface area contributed by atoms with Gasteiger partial charge in [-0.2, -0.15) is 5.10 Å². The third-order valence-corrected chi connectivity index (χ3v) is 3.84. The van der Waals surface area contributed by atoms with Crippen molar-refractivity contribution in [1.82, 2.24) is 14.7 Å². The van der Waals surface area contributed by atoms with Crippen molar-refractivity contribution in [3.63, 3.8) is 0 Å². The molecule has 1 aromatic heterocycles. The number of aryl methyl sites for hydroxylation is 1. The van der Waals surface area contributed by atoms with Gasteiger partial charge < -0.3 is 15.2 Å². The number of rotatable bonds is 7. The van der Waals surface area contributed by atoms with Crippen LogP contribution in [0.25, 0.3) is 0 Å². The summed E-state index contributed by atoms with van der Waals surface area (Å²) in [6, 6.07) is 5.62. The Balaban J connectivity index is 1.78. The number of aliphatic hydroxyl groups is 1. The number of hydrogen-bond donors (Lipinski definition) is 2. The third-order valence-electron chi connectivity index (χ3n) is 3.84. The van der Waals surface area contributed by atoms with E-state index < -0.39 is 17.6 Å². The molecule has 136 valence electrons. The Kier molecular flexibility index (Phi) is 4.99. The summed E-state index contributed by atoms with van der Waals surface area (Å²) in [4.78, 5) is 24.9. The van der Waals surface area contributed by atoms with E-state index in [0.717, 1.165) is 16.7 Å². The zero-order valence-corrected chi connectivity index (χ0v) is 14.0. The monoisotopic (exact) mass is 360 g/mol. The number of benzene rings is 1. The molecule has 3 rings (SSSR count). The van der Waals surface area contributed by atoms with Crippen molar-refractivity contribution >= 4 is 17.5 Å². The van der Waals surface area contributed by atoms with Crippen molar-refractivity contribution in [2.45, 2.75) is 6.61 Å². The molecule has 0 spiro atoms. The molecular weight excluding hydrogens is 343 g/mol. The average molecular weight is 360 g/mol. The highest BCUT2D eigenvalue weighted by molar-refractivity contribution is 6.17. The van der Waals surface area contributed by atoms with Crippen LogP contribution >= 0.6 is 0 Å². The molecule has 0 bridgehead atoms. The Hall–Kier alpha value is -3.20. The van der Waals surface area contributed by atoms with Crippen molar-refractivity contribution in [1.29, 1.82) is 0 Å². The molecule has 2 N–H and O–H groups in total. The van der Waals surface area contributed by atoms with Gasteiger partial charge in [-0.05, 0) is 18.2 Å². The molecule has 2 heterocycles. The maximum absolute atomic E-state index is 13.6. The molecule has 1 aliphatic heterocycles. The smallest absolute Gasteiger partial charge is 0.277 e. The number of carbonyl (C=O) groups excluding carboxylic acids is 2. The number of carbonyl (C=O) groups is 2. The summed E-state index contributed by atoms with van der Waals surface area (Å²) in [7, 11) is 1.77. The molecule has 1 aromatic carbocycles. The number of amides is 2. The van der Waals surface area contributed by atoms with Gasteiger partial charge in [0.15, 0.2) is 0 Å². The second-order valence-corrected chi connectivity index (χ2v) is 5.58. The van der Waals surface area contributed by atoms with Crippen LogP contribution in [0, 0.1) is 5.82 Å². The molecule has 0 atom stereocenters. The van der Waals surface area contributed by atoms with Gasteiger partial charge in [0.2, 0.25) is 0 Å². The van der Waals surface area contributed by atoms with Crippen LogP contribution in [0.5, 0.6) is 5.75 Å². The SMILES string of the molecule is Cn1nccc1COc1ccc(F)cc1NC1=CC(=O)N(CCO)C1=O. The van der Waals surface area contributed by atoms with Crippen molar-refractivity contribution in [2.24, 2.45) is 7.05 Å². The molecule has 9 heteroatoms. The predicted molar refractivity (Wildman–Crippen MR) is 89.5 cm³/mol. The molecule has 8 nitrogen and oxygen atoms in total. The second kappa shape index (κ2) is 7.36. The minimum absolute atomic E-state index is 0.0144. The lowest BCUT2D eigenvalue weighted by atomic mass is 10.2. The molecule has 0 saturated carbocycles. The largest absolute Gasteiger partial charge is 0.485 e. The van der Waals surface area contributed by atoms with Gasteiger partial charge in [0, 0.05) is 25.4 Å². The maximum atomic E-state index is 13.6. The second-order valence-electron chi connectivity index (χ2n) is 5.58. The van der Waals surface area contributed by atoms with E-state index in [1.165, 1.54) is 18.2 Å². The highest BCUT2D eigenvalue weighted by Gasteiger charge is 2.31. The topological polar surface area (TPSA) is 96.7 Å². The Morgan fingerprint density at radius 2 is 2.12 bits per heavy atom. The number of aromatic nitrogens is 2. The summed E-state index contributed by atoms with van der Waals surface area (Å²) in [6.07, 6.45) is 2.74. The third kappa shape index (κ3) is 3.57.